The molecular formula is C25H31N3O2S. The lowest BCUT2D eigenvalue weighted by atomic mass is 10.1. The largest absolute Gasteiger partial charge is 0.352 e. The van der Waals surface area contributed by atoms with E-state index >= 15 is 0 Å². The maximum Gasteiger partial charge on any atom is 0.262 e. The molecule has 0 aliphatic carbocycles. The van der Waals surface area contributed by atoms with Gasteiger partial charge in [0.1, 0.15) is 0 Å². The molecular weight excluding hydrogens is 406 g/mol. The average molecular weight is 438 g/mol. The van der Waals surface area contributed by atoms with Crippen molar-refractivity contribution in [3.8, 4) is 0 Å². The Labute approximate surface area is 189 Å². The van der Waals surface area contributed by atoms with Gasteiger partial charge in [-0.05, 0) is 74.8 Å². The standard InChI is InChI=1S/C25H31N3O2S/c1-3-15-28(16-4-2)17-7-14-26-24(29)20-12-10-19(11-13-20)18-23-25(30)27-21-8-5-6-9-22(21)31-23/h5-6,8-13,18H,3-4,7,14-17H2,1-2H3,(H,26,29)(H,27,30). The number of hydrogen-bond donors (Lipinski definition) is 2. The molecule has 0 spiro atoms. The molecule has 2 aromatic rings. The van der Waals surface area contributed by atoms with Gasteiger partial charge in [-0.2, -0.15) is 0 Å². The van der Waals surface area contributed by atoms with Gasteiger partial charge in [-0.3, -0.25) is 9.59 Å². The predicted octanol–water partition coefficient (Wildman–Crippen LogP) is 5.01. The normalized spacial score (nSPS) is 14.4. The molecule has 164 valence electrons. The van der Waals surface area contributed by atoms with Crippen LogP contribution in [0.4, 0.5) is 5.69 Å². The molecule has 3 rings (SSSR count). The van der Waals surface area contributed by atoms with Gasteiger partial charge in [0.25, 0.3) is 11.8 Å². The van der Waals surface area contributed by atoms with Crippen LogP contribution >= 0.6 is 11.8 Å². The lowest BCUT2D eigenvalue weighted by Crippen LogP contribution is -2.31. The first-order valence-corrected chi connectivity index (χ1v) is 11.8. The summed E-state index contributed by atoms with van der Waals surface area (Å²) in [4.78, 5) is 28.9. The number of carbonyl (C=O) groups is 2. The first-order valence-electron chi connectivity index (χ1n) is 11.0. The first kappa shape index (κ1) is 23.1. The van der Waals surface area contributed by atoms with Crippen molar-refractivity contribution in [2.45, 2.75) is 38.0 Å². The minimum Gasteiger partial charge on any atom is -0.352 e. The number of anilines is 1. The summed E-state index contributed by atoms with van der Waals surface area (Å²) in [5.74, 6) is -0.166. The van der Waals surface area contributed by atoms with Crippen LogP contribution < -0.4 is 10.6 Å². The number of amides is 2. The number of thioether (sulfide) groups is 1. The van der Waals surface area contributed by atoms with Gasteiger partial charge in [-0.15, -0.1) is 0 Å². The fourth-order valence-electron chi connectivity index (χ4n) is 3.56. The first-order chi connectivity index (χ1) is 15.1. The van der Waals surface area contributed by atoms with Crippen LogP contribution in [0.15, 0.2) is 58.3 Å². The van der Waals surface area contributed by atoms with Crippen molar-refractivity contribution in [2.24, 2.45) is 0 Å². The second-order valence-electron chi connectivity index (χ2n) is 7.63. The molecule has 0 fully saturated rings. The monoisotopic (exact) mass is 437 g/mol. The minimum atomic E-state index is -0.106. The van der Waals surface area contributed by atoms with Gasteiger partial charge < -0.3 is 15.5 Å². The Morgan fingerprint density at radius 2 is 1.74 bits per heavy atom. The molecule has 0 aromatic heterocycles. The topological polar surface area (TPSA) is 61.4 Å². The van der Waals surface area contributed by atoms with E-state index < -0.39 is 0 Å². The predicted molar refractivity (Wildman–Crippen MR) is 129 cm³/mol. The molecule has 1 aliphatic heterocycles. The highest BCUT2D eigenvalue weighted by Crippen LogP contribution is 2.38. The second-order valence-corrected chi connectivity index (χ2v) is 8.72. The third kappa shape index (κ3) is 6.71. The van der Waals surface area contributed by atoms with Crippen molar-refractivity contribution >= 4 is 35.3 Å². The Morgan fingerprint density at radius 1 is 1.03 bits per heavy atom. The van der Waals surface area contributed by atoms with Crippen LogP contribution in [-0.4, -0.2) is 42.9 Å². The van der Waals surface area contributed by atoms with Crippen molar-refractivity contribution in [3.63, 3.8) is 0 Å². The van der Waals surface area contributed by atoms with E-state index in [0.717, 1.165) is 55.0 Å². The zero-order valence-corrected chi connectivity index (χ0v) is 19.1. The zero-order chi connectivity index (χ0) is 22.1. The summed E-state index contributed by atoms with van der Waals surface area (Å²) >= 11 is 1.46. The summed E-state index contributed by atoms with van der Waals surface area (Å²) in [5, 5.41) is 5.92. The summed E-state index contributed by atoms with van der Waals surface area (Å²) in [6.07, 6.45) is 5.11. The van der Waals surface area contributed by atoms with Gasteiger partial charge in [-0.25, -0.2) is 0 Å². The van der Waals surface area contributed by atoms with E-state index in [1.54, 1.807) is 0 Å². The number of hydrogen-bond acceptors (Lipinski definition) is 4. The Bertz CT molecular complexity index is 919. The molecule has 31 heavy (non-hydrogen) atoms. The number of fused-ring (bicyclic) bond motifs is 1. The molecule has 0 saturated heterocycles. The second kappa shape index (κ2) is 11.7. The molecule has 0 bridgehead atoms. The Morgan fingerprint density at radius 3 is 2.45 bits per heavy atom. The highest BCUT2D eigenvalue weighted by molar-refractivity contribution is 8.04. The number of rotatable bonds is 10. The summed E-state index contributed by atoms with van der Waals surface area (Å²) in [6, 6.07) is 15.1. The van der Waals surface area contributed by atoms with Crippen LogP contribution in [0, 0.1) is 0 Å². The summed E-state index contributed by atoms with van der Waals surface area (Å²) in [6.45, 7) is 8.30. The van der Waals surface area contributed by atoms with Gasteiger partial charge in [-0.1, -0.05) is 49.9 Å². The molecule has 1 heterocycles. The van der Waals surface area contributed by atoms with Crippen molar-refractivity contribution in [2.75, 3.05) is 31.5 Å². The van der Waals surface area contributed by atoms with Crippen molar-refractivity contribution in [1.29, 1.82) is 0 Å². The highest BCUT2D eigenvalue weighted by Gasteiger charge is 2.20. The van der Waals surface area contributed by atoms with Gasteiger partial charge in [0.15, 0.2) is 0 Å². The van der Waals surface area contributed by atoms with Crippen LogP contribution in [0.25, 0.3) is 6.08 Å². The number of carbonyl (C=O) groups excluding carboxylic acids is 2. The van der Waals surface area contributed by atoms with E-state index in [-0.39, 0.29) is 11.8 Å². The van der Waals surface area contributed by atoms with Crippen LogP contribution in [0.5, 0.6) is 0 Å². The number of nitrogens with one attached hydrogen (secondary N) is 2. The van der Waals surface area contributed by atoms with Crippen molar-refractivity contribution < 1.29 is 9.59 Å². The molecule has 1 aliphatic rings. The average Bonchev–Trinajstić information content (AvgIpc) is 2.78. The number of benzene rings is 2. The molecule has 6 heteroatoms. The van der Waals surface area contributed by atoms with Gasteiger partial charge in [0.05, 0.1) is 10.6 Å². The molecule has 2 amide bonds. The van der Waals surface area contributed by atoms with E-state index in [2.05, 4.69) is 29.4 Å². The van der Waals surface area contributed by atoms with Gasteiger partial charge in [0, 0.05) is 17.0 Å². The van der Waals surface area contributed by atoms with E-state index in [1.165, 1.54) is 11.8 Å². The third-order valence-electron chi connectivity index (χ3n) is 5.07. The maximum absolute atomic E-state index is 12.4. The molecule has 2 N–H and O–H groups in total. The fourth-order valence-corrected chi connectivity index (χ4v) is 4.51. The van der Waals surface area contributed by atoms with Crippen LogP contribution in [0.1, 0.15) is 49.0 Å². The summed E-state index contributed by atoms with van der Waals surface area (Å²) in [7, 11) is 0. The number of nitrogens with zero attached hydrogens (tertiary/aromatic N) is 1. The van der Waals surface area contributed by atoms with Crippen molar-refractivity contribution in [3.05, 3.63) is 64.6 Å². The lowest BCUT2D eigenvalue weighted by Gasteiger charge is -2.20. The lowest BCUT2D eigenvalue weighted by molar-refractivity contribution is -0.112. The third-order valence-corrected chi connectivity index (χ3v) is 6.17. The minimum absolute atomic E-state index is 0.0598. The molecule has 2 aromatic carbocycles. The van der Waals surface area contributed by atoms with E-state index in [1.807, 2.05) is 54.6 Å². The molecule has 0 unspecified atom stereocenters. The Balaban J connectivity index is 1.52. The number of para-hydroxylation sites is 1. The molecule has 0 atom stereocenters. The fraction of sp³-hybridized carbons (Fsp3) is 0.360. The Hall–Kier alpha value is -2.57. The smallest absolute Gasteiger partial charge is 0.262 e. The van der Waals surface area contributed by atoms with Gasteiger partial charge >= 0.3 is 0 Å². The molecule has 0 radical (unpaired) electrons. The van der Waals surface area contributed by atoms with Crippen LogP contribution in [0.3, 0.4) is 0 Å². The van der Waals surface area contributed by atoms with Crippen LogP contribution in [-0.2, 0) is 4.79 Å². The van der Waals surface area contributed by atoms with Crippen molar-refractivity contribution in [1.82, 2.24) is 10.2 Å². The van der Waals surface area contributed by atoms with Gasteiger partial charge in [0.2, 0.25) is 0 Å². The Kier molecular flexibility index (Phi) is 8.74. The van der Waals surface area contributed by atoms with Crippen LogP contribution in [0.2, 0.25) is 0 Å². The van der Waals surface area contributed by atoms with E-state index in [4.69, 9.17) is 0 Å². The highest BCUT2D eigenvalue weighted by atomic mass is 32.2. The summed E-state index contributed by atoms with van der Waals surface area (Å²) < 4.78 is 0. The van der Waals surface area contributed by atoms with E-state index in [0.29, 0.717) is 17.0 Å². The SMILES string of the molecule is CCCN(CCC)CCCNC(=O)c1ccc(C=C2Sc3ccccc3NC2=O)cc1. The summed E-state index contributed by atoms with van der Waals surface area (Å²) in [5.41, 5.74) is 2.37. The quantitative estimate of drug-likeness (QED) is 0.405. The maximum atomic E-state index is 12.4. The van der Waals surface area contributed by atoms with E-state index in [9.17, 15) is 9.59 Å². The molecule has 5 nitrogen and oxygen atoms in total. The molecule has 0 saturated carbocycles. The zero-order valence-electron chi connectivity index (χ0n) is 18.3.